The number of carboxylic acid groups (broad SMARTS) is 1. The van der Waals surface area contributed by atoms with Crippen LogP contribution in [0.15, 0.2) is 30.3 Å². The molecule has 15 heavy (non-hydrogen) atoms. The first kappa shape index (κ1) is 12.6. The van der Waals surface area contributed by atoms with Crippen molar-refractivity contribution < 1.29 is 14.3 Å². The molecule has 0 bridgehead atoms. The molecule has 2 nitrogen and oxygen atoms in total. The number of hydrogen-bond donors (Lipinski definition) is 1. The molecule has 0 saturated carbocycles. The number of carbonyl (C=O) groups is 1. The van der Waals surface area contributed by atoms with Crippen LogP contribution in [-0.4, -0.2) is 14.9 Å². The standard InChI is InChI=1S/C9H6Cl3FO2/c10-9(11,12)8(13,7(14)15)6-4-2-1-3-5-6/h1-5H,(H,14,15). The molecule has 82 valence electrons. The van der Waals surface area contributed by atoms with Crippen molar-refractivity contribution in [2.75, 3.05) is 0 Å². The highest BCUT2D eigenvalue weighted by Crippen LogP contribution is 2.48. The molecule has 0 fully saturated rings. The van der Waals surface area contributed by atoms with E-state index in [9.17, 15) is 9.18 Å². The molecule has 0 aliphatic carbocycles. The minimum atomic E-state index is -3.06. The Hall–Kier alpha value is -0.510. The molecule has 0 aliphatic rings. The second-order valence-electron chi connectivity index (χ2n) is 2.83. The summed E-state index contributed by atoms with van der Waals surface area (Å²) in [5.74, 6) is -1.84. The molecule has 0 amide bonds. The number of carboxylic acids is 1. The van der Waals surface area contributed by atoms with Gasteiger partial charge in [-0.15, -0.1) is 0 Å². The quantitative estimate of drug-likeness (QED) is 0.838. The van der Waals surface area contributed by atoms with Crippen molar-refractivity contribution in [1.82, 2.24) is 0 Å². The van der Waals surface area contributed by atoms with Crippen LogP contribution in [0.3, 0.4) is 0 Å². The van der Waals surface area contributed by atoms with Crippen molar-refractivity contribution in [3.8, 4) is 0 Å². The molecule has 1 N–H and O–H groups in total. The van der Waals surface area contributed by atoms with Gasteiger partial charge in [-0.1, -0.05) is 65.1 Å². The summed E-state index contributed by atoms with van der Waals surface area (Å²) in [5, 5.41) is 8.79. The van der Waals surface area contributed by atoms with E-state index >= 15 is 0 Å². The molecule has 6 heteroatoms. The van der Waals surface area contributed by atoms with Gasteiger partial charge in [0.1, 0.15) is 0 Å². The molecular formula is C9H6Cl3FO2. The molecule has 0 radical (unpaired) electrons. The first-order valence-electron chi connectivity index (χ1n) is 3.84. The zero-order chi connectivity index (χ0) is 11.7. The third-order valence-corrected chi connectivity index (χ3v) is 2.64. The fraction of sp³-hybridized carbons (Fsp3) is 0.222. The van der Waals surface area contributed by atoms with Crippen LogP contribution < -0.4 is 0 Å². The van der Waals surface area contributed by atoms with Crippen LogP contribution in [-0.2, 0) is 10.5 Å². The van der Waals surface area contributed by atoms with E-state index in [1.54, 1.807) is 6.07 Å². The molecule has 1 rings (SSSR count). The maximum Gasteiger partial charge on any atom is 0.350 e. The third kappa shape index (κ3) is 2.19. The van der Waals surface area contributed by atoms with E-state index in [1.165, 1.54) is 24.3 Å². The normalized spacial score (nSPS) is 15.7. The minimum absolute atomic E-state index is 0.211. The predicted octanol–water partition coefficient (Wildman–Crippen LogP) is 3.31. The number of rotatable bonds is 2. The molecule has 0 saturated heterocycles. The van der Waals surface area contributed by atoms with Crippen LogP contribution in [0.25, 0.3) is 0 Å². The monoisotopic (exact) mass is 270 g/mol. The van der Waals surface area contributed by atoms with Gasteiger partial charge >= 0.3 is 5.97 Å². The third-order valence-electron chi connectivity index (χ3n) is 1.86. The van der Waals surface area contributed by atoms with Gasteiger partial charge in [0.05, 0.1) is 0 Å². The highest BCUT2D eigenvalue weighted by atomic mass is 35.6. The fourth-order valence-electron chi connectivity index (χ4n) is 1.08. The van der Waals surface area contributed by atoms with Crippen molar-refractivity contribution in [3.63, 3.8) is 0 Å². The van der Waals surface area contributed by atoms with E-state index in [-0.39, 0.29) is 5.56 Å². The van der Waals surface area contributed by atoms with Gasteiger partial charge in [-0.05, 0) is 0 Å². The van der Waals surface area contributed by atoms with E-state index in [2.05, 4.69) is 0 Å². The van der Waals surface area contributed by atoms with Crippen molar-refractivity contribution in [3.05, 3.63) is 35.9 Å². The van der Waals surface area contributed by atoms with Gasteiger partial charge in [-0.25, -0.2) is 9.18 Å². The van der Waals surface area contributed by atoms with E-state index < -0.39 is 15.4 Å². The van der Waals surface area contributed by atoms with Crippen molar-refractivity contribution >= 4 is 40.8 Å². The van der Waals surface area contributed by atoms with Crippen LogP contribution in [0.2, 0.25) is 0 Å². The van der Waals surface area contributed by atoms with Crippen LogP contribution in [0, 0.1) is 0 Å². The predicted molar refractivity (Wildman–Crippen MR) is 57.2 cm³/mol. The number of aliphatic carboxylic acids is 1. The smallest absolute Gasteiger partial charge is 0.350 e. The van der Waals surface area contributed by atoms with Crippen molar-refractivity contribution in [2.45, 2.75) is 9.46 Å². The van der Waals surface area contributed by atoms with E-state index in [1.807, 2.05) is 0 Å². The summed E-state index contributed by atoms with van der Waals surface area (Å²) in [6, 6.07) is 7.02. The van der Waals surface area contributed by atoms with Crippen LogP contribution in [0.5, 0.6) is 0 Å². The largest absolute Gasteiger partial charge is 0.478 e. The Labute approximate surface area is 101 Å². The zero-order valence-corrected chi connectivity index (χ0v) is 9.52. The summed E-state index contributed by atoms with van der Waals surface area (Å²) in [5.41, 5.74) is -3.27. The maximum absolute atomic E-state index is 14.2. The summed E-state index contributed by atoms with van der Waals surface area (Å²) in [7, 11) is 0. The fourth-order valence-corrected chi connectivity index (χ4v) is 1.65. The Kier molecular flexibility index (Phi) is 3.48. The van der Waals surface area contributed by atoms with Gasteiger partial charge in [-0.2, -0.15) is 0 Å². The molecule has 1 unspecified atom stereocenters. The number of alkyl halides is 4. The highest BCUT2D eigenvalue weighted by molar-refractivity contribution is 6.69. The van der Waals surface area contributed by atoms with Gasteiger partial charge < -0.3 is 5.11 Å². The Morgan fingerprint density at radius 2 is 1.67 bits per heavy atom. The first-order chi connectivity index (χ1) is 6.80. The summed E-state index contributed by atoms with van der Waals surface area (Å²) in [6.45, 7) is 0. The van der Waals surface area contributed by atoms with E-state index in [0.29, 0.717) is 0 Å². The average molecular weight is 272 g/mol. The summed E-state index contributed by atoms with van der Waals surface area (Å²) in [6.07, 6.45) is 0. The molecular weight excluding hydrogens is 265 g/mol. The summed E-state index contributed by atoms with van der Waals surface area (Å²) < 4.78 is 11.6. The Balaban J connectivity index is 3.32. The number of benzene rings is 1. The second-order valence-corrected chi connectivity index (χ2v) is 5.11. The van der Waals surface area contributed by atoms with Gasteiger partial charge in [0.2, 0.25) is 3.79 Å². The number of hydrogen-bond acceptors (Lipinski definition) is 1. The zero-order valence-electron chi connectivity index (χ0n) is 7.25. The van der Waals surface area contributed by atoms with Crippen LogP contribution in [0.1, 0.15) is 5.56 Å². The highest BCUT2D eigenvalue weighted by Gasteiger charge is 2.57. The topological polar surface area (TPSA) is 37.3 Å². The minimum Gasteiger partial charge on any atom is -0.478 e. The Morgan fingerprint density at radius 3 is 2.00 bits per heavy atom. The summed E-state index contributed by atoms with van der Waals surface area (Å²) >= 11 is 16.0. The maximum atomic E-state index is 14.2. The van der Waals surface area contributed by atoms with Crippen molar-refractivity contribution in [2.24, 2.45) is 0 Å². The molecule has 0 aromatic heterocycles. The number of halogens is 4. The van der Waals surface area contributed by atoms with Gasteiger partial charge in [-0.3, -0.25) is 0 Å². The molecule has 0 spiro atoms. The molecule has 0 aliphatic heterocycles. The summed E-state index contributed by atoms with van der Waals surface area (Å²) in [4.78, 5) is 10.8. The van der Waals surface area contributed by atoms with Crippen molar-refractivity contribution in [1.29, 1.82) is 0 Å². The lowest BCUT2D eigenvalue weighted by atomic mass is 9.97. The van der Waals surface area contributed by atoms with Gasteiger partial charge in [0.25, 0.3) is 5.67 Å². The van der Waals surface area contributed by atoms with E-state index in [4.69, 9.17) is 39.9 Å². The lowest BCUT2D eigenvalue weighted by Gasteiger charge is -2.27. The molecule has 0 heterocycles. The van der Waals surface area contributed by atoms with Crippen LogP contribution in [0.4, 0.5) is 4.39 Å². The average Bonchev–Trinajstić information content (AvgIpc) is 2.16. The first-order valence-corrected chi connectivity index (χ1v) is 4.98. The van der Waals surface area contributed by atoms with E-state index in [0.717, 1.165) is 0 Å². The van der Waals surface area contributed by atoms with Gasteiger partial charge in [0.15, 0.2) is 0 Å². The Morgan fingerprint density at radius 1 is 1.20 bits per heavy atom. The molecule has 1 aromatic rings. The van der Waals surface area contributed by atoms with Crippen LogP contribution >= 0.6 is 34.8 Å². The molecule has 1 aromatic carbocycles. The molecule has 1 atom stereocenters. The second kappa shape index (κ2) is 4.16. The van der Waals surface area contributed by atoms with Gasteiger partial charge in [0, 0.05) is 5.56 Å². The SMILES string of the molecule is O=C(O)C(F)(c1ccccc1)C(Cl)(Cl)Cl. The Bertz CT molecular complexity index is 363. The lowest BCUT2D eigenvalue weighted by Crippen LogP contribution is -2.43. The lowest BCUT2D eigenvalue weighted by molar-refractivity contribution is -0.151.